The Morgan fingerprint density at radius 1 is 1.33 bits per heavy atom. The summed E-state index contributed by atoms with van der Waals surface area (Å²) < 4.78 is 0. The van der Waals surface area contributed by atoms with Crippen LogP contribution in [-0.4, -0.2) is 11.7 Å². The Balaban J connectivity index is 2.36. The summed E-state index contributed by atoms with van der Waals surface area (Å²) in [6.07, 6.45) is 5.75. The van der Waals surface area contributed by atoms with Crippen LogP contribution in [0.5, 0.6) is 0 Å². The van der Waals surface area contributed by atoms with Crippen LogP contribution in [0.2, 0.25) is 5.02 Å². The summed E-state index contributed by atoms with van der Waals surface area (Å²) in [5, 5.41) is 10.4. The van der Waals surface area contributed by atoms with Crippen molar-refractivity contribution in [3.05, 3.63) is 34.9 Å². The molecule has 2 heteroatoms. The third-order valence-electron chi connectivity index (χ3n) is 3.50. The minimum atomic E-state index is -0.0928. The largest absolute Gasteiger partial charge is 0.395 e. The van der Waals surface area contributed by atoms with Gasteiger partial charge in [-0.15, -0.1) is 0 Å². The van der Waals surface area contributed by atoms with Crippen molar-refractivity contribution in [2.24, 2.45) is 0 Å². The van der Waals surface area contributed by atoms with Gasteiger partial charge < -0.3 is 5.11 Å². The first-order valence-electron chi connectivity index (χ1n) is 5.55. The van der Waals surface area contributed by atoms with Gasteiger partial charge in [0.25, 0.3) is 0 Å². The maximum atomic E-state index is 9.65. The molecular weight excluding hydrogens is 208 g/mol. The highest BCUT2D eigenvalue weighted by atomic mass is 35.5. The van der Waals surface area contributed by atoms with Gasteiger partial charge in [-0.05, 0) is 30.5 Å². The van der Waals surface area contributed by atoms with E-state index in [4.69, 9.17) is 11.6 Å². The molecule has 0 atom stereocenters. The van der Waals surface area contributed by atoms with Crippen LogP contribution in [0.4, 0.5) is 0 Å². The molecule has 0 saturated heterocycles. The third-order valence-corrected chi connectivity index (χ3v) is 3.81. The molecular formula is C13H16ClO. The van der Waals surface area contributed by atoms with Crippen LogP contribution in [0.3, 0.4) is 0 Å². The molecule has 1 aliphatic rings. The lowest BCUT2D eigenvalue weighted by Crippen LogP contribution is -2.33. The van der Waals surface area contributed by atoms with Crippen molar-refractivity contribution in [1.82, 2.24) is 0 Å². The summed E-state index contributed by atoms with van der Waals surface area (Å²) in [5.41, 5.74) is 1.01. The maximum absolute atomic E-state index is 9.65. The molecule has 0 aromatic heterocycles. The summed E-state index contributed by atoms with van der Waals surface area (Å²) >= 11 is 6.18. The van der Waals surface area contributed by atoms with E-state index < -0.39 is 0 Å². The van der Waals surface area contributed by atoms with Crippen molar-refractivity contribution in [1.29, 1.82) is 0 Å². The van der Waals surface area contributed by atoms with E-state index in [-0.39, 0.29) is 12.0 Å². The normalized spacial score (nSPS) is 20.1. The van der Waals surface area contributed by atoms with Crippen molar-refractivity contribution in [3.8, 4) is 0 Å². The minimum Gasteiger partial charge on any atom is -0.395 e. The Labute approximate surface area is 96.1 Å². The Morgan fingerprint density at radius 3 is 2.67 bits per heavy atom. The van der Waals surface area contributed by atoms with Crippen LogP contribution in [0.25, 0.3) is 0 Å². The molecule has 15 heavy (non-hydrogen) atoms. The molecule has 0 bridgehead atoms. The van der Waals surface area contributed by atoms with Gasteiger partial charge >= 0.3 is 0 Å². The molecule has 1 aromatic carbocycles. The molecule has 1 radical (unpaired) electrons. The number of hydrogen-bond donors (Lipinski definition) is 1. The molecule has 2 rings (SSSR count). The predicted molar refractivity (Wildman–Crippen MR) is 62.1 cm³/mol. The number of aliphatic hydroxyl groups excluding tert-OH is 1. The minimum absolute atomic E-state index is 0.0928. The fourth-order valence-electron chi connectivity index (χ4n) is 2.58. The van der Waals surface area contributed by atoms with E-state index in [0.717, 1.165) is 23.4 Å². The molecule has 81 valence electrons. The number of halogens is 1. The first-order chi connectivity index (χ1) is 7.28. The van der Waals surface area contributed by atoms with Crippen LogP contribution < -0.4 is 0 Å². The first kappa shape index (κ1) is 11.0. The van der Waals surface area contributed by atoms with E-state index in [9.17, 15) is 5.11 Å². The Bertz CT molecular complexity index is 329. The van der Waals surface area contributed by atoms with Crippen LogP contribution in [0.1, 0.15) is 37.7 Å². The second-order valence-electron chi connectivity index (χ2n) is 4.41. The molecule has 1 saturated carbocycles. The molecule has 0 unspecified atom stereocenters. The van der Waals surface area contributed by atoms with Gasteiger partial charge in [-0.25, -0.2) is 0 Å². The lowest BCUT2D eigenvalue weighted by molar-refractivity contribution is 0.152. The number of benzene rings is 1. The van der Waals surface area contributed by atoms with Gasteiger partial charge in [-0.3, -0.25) is 0 Å². The molecule has 1 aromatic rings. The van der Waals surface area contributed by atoms with Crippen molar-refractivity contribution in [3.63, 3.8) is 0 Å². The van der Waals surface area contributed by atoms with Gasteiger partial charge in [0.15, 0.2) is 0 Å². The fourth-order valence-corrected chi connectivity index (χ4v) is 2.91. The van der Waals surface area contributed by atoms with E-state index in [1.807, 2.05) is 12.1 Å². The number of hydrogen-bond acceptors (Lipinski definition) is 1. The second kappa shape index (κ2) is 4.54. The molecule has 0 spiro atoms. The van der Waals surface area contributed by atoms with Crippen LogP contribution >= 0.6 is 11.6 Å². The van der Waals surface area contributed by atoms with E-state index in [1.54, 1.807) is 6.07 Å². The molecule has 1 nitrogen and oxygen atoms in total. The Morgan fingerprint density at radius 2 is 2.07 bits per heavy atom. The summed E-state index contributed by atoms with van der Waals surface area (Å²) in [6.45, 7) is 0.205. The average Bonchev–Trinajstić information content (AvgIpc) is 2.30. The van der Waals surface area contributed by atoms with Gasteiger partial charge in [0.05, 0.1) is 6.61 Å². The number of rotatable bonds is 2. The van der Waals surface area contributed by atoms with Gasteiger partial charge in [0.1, 0.15) is 0 Å². The van der Waals surface area contributed by atoms with E-state index in [2.05, 4.69) is 6.07 Å². The molecule has 1 N–H and O–H groups in total. The predicted octanol–water partition coefficient (Wildman–Crippen LogP) is 3.33. The SMILES string of the molecule is OCC1(c2cc[c]cc2Cl)CCCCC1. The van der Waals surface area contributed by atoms with Gasteiger partial charge in [-0.2, -0.15) is 0 Å². The van der Waals surface area contributed by atoms with Crippen molar-refractivity contribution >= 4 is 11.6 Å². The highest BCUT2D eigenvalue weighted by molar-refractivity contribution is 6.31. The zero-order valence-electron chi connectivity index (χ0n) is 8.80. The lowest BCUT2D eigenvalue weighted by Gasteiger charge is -2.36. The number of aliphatic hydroxyl groups is 1. The summed E-state index contributed by atoms with van der Waals surface area (Å²) in [4.78, 5) is 0. The van der Waals surface area contributed by atoms with Gasteiger partial charge in [0, 0.05) is 10.4 Å². The van der Waals surface area contributed by atoms with E-state index in [0.29, 0.717) is 0 Å². The average molecular weight is 224 g/mol. The van der Waals surface area contributed by atoms with Crippen LogP contribution in [0, 0.1) is 6.07 Å². The molecule has 0 heterocycles. The highest BCUT2D eigenvalue weighted by Gasteiger charge is 2.34. The highest BCUT2D eigenvalue weighted by Crippen LogP contribution is 2.41. The smallest absolute Gasteiger partial charge is 0.0528 e. The summed E-state index contributed by atoms with van der Waals surface area (Å²) in [7, 11) is 0. The van der Waals surface area contributed by atoms with Crippen molar-refractivity contribution in [2.75, 3.05) is 6.61 Å². The molecule has 0 amide bonds. The zero-order valence-corrected chi connectivity index (χ0v) is 9.56. The molecule has 0 aliphatic heterocycles. The van der Waals surface area contributed by atoms with E-state index in [1.165, 1.54) is 19.3 Å². The van der Waals surface area contributed by atoms with E-state index >= 15 is 0 Å². The standard InChI is InChI=1S/C13H16ClO/c14-12-7-3-2-6-11(12)13(10-15)8-4-1-5-9-13/h2,6-7,15H,1,4-5,8-10H2. The fraction of sp³-hybridized carbons (Fsp3) is 0.538. The summed E-state index contributed by atoms with van der Waals surface area (Å²) in [5.74, 6) is 0. The lowest BCUT2D eigenvalue weighted by atomic mass is 9.70. The summed E-state index contributed by atoms with van der Waals surface area (Å²) in [6, 6.07) is 8.65. The monoisotopic (exact) mass is 223 g/mol. The first-order valence-corrected chi connectivity index (χ1v) is 5.93. The quantitative estimate of drug-likeness (QED) is 0.816. The topological polar surface area (TPSA) is 20.2 Å². The Hall–Kier alpha value is -0.530. The van der Waals surface area contributed by atoms with Crippen LogP contribution in [-0.2, 0) is 5.41 Å². The zero-order chi connectivity index (χ0) is 10.7. The molecule has 1 fully saturated rings. The van der Waals surface area contributed by atoms with Crippen molar-refractivity contribution in [2.45, 2.75) is 37.5 Å². The second-order valence-corrected chi connectivity index (χ2v) is 4.81. The van der Waals surface area contributed by atoms with Gasteiger partial charge in [-0.1, -0.05) is 43.0 Å². The van der Waals surface area contributed by atoms with Gasteiger partial charge in [0.2, 0.25) is 0 Å². The van der Waals surface area contributed by atoms with Crippen molar-refractivity contribution < 1.29 is 5.11 Å². The molecule has 1 aliphatic carbocycles. The third kappa shape index (κ3) is 2.04. The Kier molecular flexibility index (Phi) is 3.32. The maximum Gasteiger partial charge on any atom is 0.0528 e. The van der Waals surface area contributed by atoms with Crippen LogP contribution in [0.15, 0.2) is 18.2 Å².